The van der Waals surface area contributed by atoms with Crippen LogP contribution in [-0.2, 0) is 0 Å². The first-order valence-corrected chi connectivity index (χ1v) is 10.9. The van der Waals surface area contributed by atoms with Crippen molar-refractivity contribution in [3.05, 3.63) is 53.3 Å². The Kier molecular flexibility index (Phi) is 5.64. The van der Waals surface area contributed by atoms with Crippen LogP contribution in [0.15, 0.2) is 42.7 Å². The second-order valence-electron chi connectivity index (χ2n) is 7.97. The molecule has 6 rings (SSSR count). The standard InChI is InChI=1S/C23H21ClN6O2.ClH/c1-14-2-4-16(24)11-17(14)29-6-8-30(9-7-29)23-20-21(27-28-22(20)25-12-26-23)15-3-5-18-19(10-15)32-13-31-18;/h2-5,10-12H,6-9,13H2,1H3,(H,25,26,27,28);1H. The number of aromatic nitrogens is 4. The van der Waals surface area contributed by atoms with Gasteiger partial charge in [-0.3, -0.25) is 5.10 Å². The van der Waals surface area contributed by atoms with Gasteiger partial charge in [0, 0.05) is 42.5 Å². The van der Waals surface area contributed by atoms with Crippen LogP contribution < -0.4 is 19.3 Å². The topological polar surface area (TPSA) is 79.4 Å². The molecule has 2 aliphatic rings. The summed E-state index contributed by atoms with van der Waals surface area (Å²) in [7, 11) is 0. The lowest BCUT2D eigenvalue weighted by atomic mass is 10.1. The van der Waals surface area contributed by atoms with Gasteiger partial charge in [0.25, 0.3) is 0 Å². The van der Waals surface area contributed by atoms with E-state index in [4.69, 9.17) is 21.1 Å². The molecular formula is C23H22Cl2N6O2. The van der Waals surface area contributed by atoms with Gasteiger partial charge in [-0.1, -0.05) is 17.7 Å². The maximum absolute atomic E-state index is 6.24. The number of fused-ring (bicyclic) bond motifs is 2. The van der Waals surface area contributed by atoms with Crippen LogP contribution in [0, 0.1) is 6.92 Å². The minimum absolute atomic E-state index is 0. The number of rotatable bonds is 3. The molecule has 8 nitrogen and oxygen atoms in total. The molecule has 4 heterocycles. The molecule has 33 heavy (non-hydrogen) atoms. The SMILES string of the molecule is Cc1ccc(Cl)cc1N1CCN(c2ncnc3n[nH]c(-c4ccc5c(c4)OCO5)c23)CC1.Cl. The number of piperazine rings is 1. The van der Waals surface area contributed by atoms with Gasteiger partial charge in [0.05, 0.1) is 11.1 Å². The molecule has 0 spiro atoms. The fourth-order valence-corrected chi connectivity index (χ4v) is 4.59. The molecule has 0 radical (unpaired) electrons. The first-order valence-electron chi connectivity index (χ1n) is 10.5. The molecule has 0 aliphatic carbocycles. The number of nitrogens with one attached hydrogen (secondary N) is 1. The van der Waals surface area contributed by atoms with E-state index in [1.165, 1.54) is 11.3 Å². The van der Waals surface area contributed by atoms with E-state index in [2.05, 4.69) is 43.0 Å². The monoisotopic (exact) mass is 484 g/mol. The van der Waals surface area contributed by atoms with E-state index in [1.807, 2.05) is 30.3 Å². The number of halogens is 2. The summed E-state index contributed by atoms with van der Waals surface area (Å²) in [5, 5.41) is 9.25. The van der Waals surface area contributed by atoms with Crippen molar-refractivity contribution in [1.82, 2.24) is 20.2 Å². The number of nitrogens with zero attached hydrogens (tertiary/aromatic N) is 5. The molecule has 1 N–H and O–H groups in total. The Hall–Kier alpha value is -3.23. The van der Waals surface area contributed by atoms with Crippen LogP contribution in [0.3, 0.4) is 0 Å². The van der Waals surface area contributed by atoms with E-state index in [0.29, 0.717) is 5.65 Å². The van der Waals surface area contributed by atoms with Crippen LogP contribution in [0.5, 0.6) is 11.5 Å². The number of benzene rings is 2. The average Bonchev–Trinajstić information content (AvgIpc) is 3.47. The Bertz CT molecular complexity index is 1320. The minimum Gasteiger partial charge on any atom is -0.454 e. The van der Waals surface area contributed by atoms with Crippen molar-refractivity contribution in [2.45, 2.75) is 6.92 Å². The highest BCUT2D eigenvalue weighted by Crippen LogP contribution is 2.39. The van der Waals surface area contributed by atoms with E-state index in [9.17, 15) is 0 Å². The van der Waals surface area contributed by atoms with Crippen LogP contribution in [0.1, 0.15) is 5.56 Å². The molecule has 0 unspecified atom stereocenters. The normalized spacial score (nSPS) is 15.1. The van der Waals surface area contributed by atoms with Crippen LogP contribution in [0.2, 0.25) is 5.02 Å². The summed E-state index contributed by atoms with van der Waals surface area (Å²) in [6.45, 7) is 5.80. The number of aromatic amines is 1. The number of ether oxygens (including phenoxy) is 2. The fourth-order valence-electron chi connectivity index (χ4n) is 4.42. The molecule has 1 saturated heterocycles. The summed E-state index contributed by atoms with van der Waals surface area (Å²) < 4.78 is 11.0. The summed E-state index contributed by atoms with van der Waals surface area (Å²) in [4.78, 5) is 13.7. The maximum atomic E-state index is 6.24. The Labute approximate surface area is 201 Å². The third kappa shape index (κ3) is 3.79. The Balaban J connectivity index is 0.00000228. The van der Waals surface area contributed by atoms with Crippen LogP contribution in [0.25, 0.3) is 22.3 Å². The highest BCUT2D eigenvalue weighted by molar-refractivity contribution is 6.30. The Morgan fingerprint density at radius 2 is 1.73 bits per heavy atom. The van der Waals surface area contributed by atoms with E-state index >= 15 is 0 Å². The van der Waals surface area contributed by atoms with E-state index in [0.717, 1.165) is 65.2 Å². The van der Waals surface area contributed by atoms with Gasteiger partial charge in [-0.25, -0.2) is 9.97 Å². The predicted molar refractivity (Wildman–Crippen MR) is 131 cm³/mol. The van der Waals surface area contributed by atoms with Crippen molar-refractivity contribution in [3.8, 4) is 22.8 Å². The largest absolute Gasteiger partial charge is 0.454 e. The van der Waals surface area contributed by atoms with Gasteiger partial charge < -0.3 is 19.3 Å². The Morgan fingerprint density at radius 1 is 0.939 bits per heavy atom. The van der Waals surface area contributed by atoms with Gasteiger partial charge in [-0.05, 0) is 42.8 Å². The van der Waals surface area contributed by atoms with Gasteiger partial charge in [0.2, 0.25) is 6.79 Å². The van der Waals surface area contributed by atoms with E-state index in [-0.39, 0.29) is 19.2 Å². The van der Waals surface area contributed by atoms with Crippen molar-refractivity contribution >= 4 is 46.5 Å². The van der Waals surface area contributed by atoms with Gasteiger partial charge in [-0.2, -0.15) is 5.10 Å². The zero-order valence-corrected chi connectivity index (χ0v) is 19.5. The number of hydrogen-bond acceptors (Lipinski definition) is 7. The van der Waals surface area contributed by atoms with Gasteiger partial charge in [-0.15, -0.1) is 12.4 Å². The fraction of sp³-hybridized carbons (Fsp3) is 0.261. The first-order chi connectivity index (χ1) is 15.7. The average molecular weight is 485 g/mol. The molecule has 2 aromatic heterocycles. The van der Waals surface area contributed by atoms with E-state index in [1.54, 1.807) is 6.33 Å². The lowest BCUT2D eigenvalue weighted by Gasteiger charge is -2.37. The minimum atomic E-state index is 0. The molecule has 1 fully saturated rings. The molecule has 2 aliphatic heterocycles. The van der Waals surface area contributed by atoms with Crippen molar-refractivity contribution in [3.63, 3.8) is 0 Å². The summed E-state index contributed by atoms with van der Waals surface area (Å²) in [6.07, 6.45) is 1.58. The van der Waals surface area contributed by atoms with Crippen LogP contribution in [0.4, 0.5) is 11.5 Å². The van der Waals surface area contributed by atoms with Crippen molar-refractivity contribution in [2.24, 2.45) is 0 Å². The summed E-state index contributed by atoms with van der Waals surface area (Å²) in [6, 6.07) is 11.9. The third-order valence-corrected chi connectivity index (χ3v) is 6.32. The van der Waals surface area contributed by atoms with Crippen molar-refractivity contribution in [2.75, 3.05) is 42.8 Å². The van der Waals surface area contributed by atoms with Crippen LogP contribution in [-0.4, -0.2) is 53.1 Å². The molecule has 0 saturated carbocycles. The number of anilines is 2. The lowest BCUT2D eigenvalue weighted by Crippen LogP contribution is -2.47. The van der Waals surface area contributed by atoms with Gasteiger partial charge in [0.15, 0.2) is 17.1 Å². The summed E-state index contributed by atoms with van der Waals surface area (Å²) in [5.74, 6) is 2.37. The smallest absolute Gasteiger partial charge is 0.231 e. The molecule has 4 aromatic rings. The second-order valence-corrected chi connectivity index (χ2v) is 8.40. The predicted octanol–water partition coefficient (Wildman–Crippen LogP) is 4.46. The van der Waals surface area contributed by atoms with Crippen molar-refractivity contribution < 1.29 is 9.47 Å². The molecule has 170 valence electrons. The Morgan fingerprint density at radius 3 is 2.58 bits per heavy atom. The maximum Gasteiger partial charge on any atom is 0.231 e. The molecule has 10 heteroatoms. The molecule has 0 atom stereocenters. The summed E-state index contributed by atoms with van der Waals surface area (Å²) >= 11 is 6.24. The van der Waals surface area contributed by atoms with Gasteiger partial charge in [0.1, 0.15) is 12.1 Å². The number of H-pyrrole nitrogens is 1. The zero-order valence-electron chi connectivity index (χ0n) is 17.9. The third-order valence-electron chi connectivity index (χ3n) is 6.08. The van der Waals surface area contributed by atoms with Gasteiger partial charge >= 0.3 is 0 Å². The quantitative estimate of drug-likeness (QED) is 0.459. The molecule has 0 bridgehead atoms. The van der Waals surface area contributed by atoms with E-state index < -0.39 is 0 Å². The lowest BCUT2D eigenvalue weighted by molar-refractivity contribution is 0.174. The highest BCUT2D eigenvalue weighted by Gasteiger charge is 2.24. The first kappa shape index (κ1) is 21.6. The second kappa shape index (κ2) is 8.61. The molecule has 2 aromatic carbocycles. The number of aryl methyl sites for hydroxylation is 1. The van der Waals surface area contributed by atoms with Crippen molar-refractivity contribution in [1.29, 1.82) is 0 Å². The highest BCUT2D eigenvalue weighted by atomic mass is 35.5. The molecule has 0 amide bonds. The molecular weight excluding hydrogens is 463 g/mol. The number of hydrogen-bond donors (Lipinski definition) is 1. The summed E-state index contributed by atoms with van der Waals surface area (Å²) in [5.41, 5.74) is 4.90. The zero-order chi connectivity index (χ0) is 21.7. The van der Waals surface area contributed by atoms with Crippen LogP contribution >= 0.6 is 24.0 Å².